The first-order chi connectivity index (χ1) is 12.5. The second-order valence-electron chi connectivity index (χ2n) is 6.14. The Bertz CT molecular complexity index is 889. The Balaban J connectivity index is 1.43. The van der Waals surface area contributed by atoms with Crippen LogP contribution in [0.1, 0.15) is 39.2 Å². The topological polar surface area (TPSA) is 84.9 Å². The molecular weight excluding hydrogens is 336 g/mol. The number of carbonyl (C=O) groups excluding carboxylic acids is 3. The number of nitrogens with zero attached hydrogens (tertiary/aromatic N) is 1. The van der Waals surface area contributed by atoms with Crippen molar-refractivity contribution in [3.63, 3.8) is 0 Å². The second-order valence-corrected chi connectivity index (χ2v) is 6.14. The van der Waals surface area contributed by atoms with Gasteiger partial charge >= 0.3 is 0 Å². The Labute approximate surface area is 149 Å². The third-order valence-corrected chi connectivity index (χ3v) is 4.45. The van der Waals surface area contributed by atoms with Crippen molar-refractivity contribution in [2.75, 3.05) is 13.3 Å². The van der Waals surface area contributed by atoms with Gasteiger partial charge in [-0.15, -0.1) is 0 Å². The van der Waals surface area contributed by atoms with Gasteiger partial charge in [0.05, 0.1) is 17.2 Å². The van der Waals surface area contributed by atoms with Crippen LogP contribution in [0.25, 0.3) is 0 Å². The Kier molecular flexibility index (Phi) is 3.84. The van der Waals surface area contributed by atoms with Crippen LogP contribution in [0.15, 0.2) is 42.5 Å². The van der Waals surface area contributed by atoms with E-state index in [4.69, 9.17) is 9.47 Å². The molecule has 0 unspecified atom stereocenters. The van der Waals surface area contributed by atoms with Gasteiger partial charge in [0.1, 0.15) is 6.54 Å². The SMILES string of the molecule is C[C@H](NC(=O)CN1C(=O)c2ccccc2C1=O)c1ccc2c(c1)OCO2. The van der Waals surface area contributed by atoms with Crippen molar-refractivity contribution in [3.8, 4) is 11.5 Å². The highest BCUT2D eigenvalue weighted by molar-refractivity contribution is 6.22. The summed E-state index contributed by atoms with van der Waals surface area (Å²) in [5, 5.41) is 2.80. The molecule has 7 nitrogen and oxygen atoms in total. The molecule has 1 N–H and O–H groups in total. The molecule has 26 heavy (non-hydrogen) atoms. The molecule has 0 aromatic heterocycles. The summed E-state index contributed by atoms with van der Waals surface area (Å²) in [4.78, 5) is 38.0. The van der Waals surface area contributed by atoms with E-state index in [9.17, 15) is 14.4 Å². The van der Waals surface area contributed by atoms with Crippen molar-refractivity contribution in [2.45, 2.75) is 13.0 Å². The van der Waals surface area contributed by atoms with E-state index in [1.807, 2.05) is 13.0 Å². The third kappa shape index (κ3) is 2.67. The molecule has 0 radical (unpaired) electrons. The maximum atomic E-state index is 12.3. The number of rotatable bonds is 4. The van der Waals surface area contributed by atoms with E-state index >= 15 is 0 Å². The minimum Gasteiger partial charge on any atom is -0.454 e. The van der Waals surface area contributed by atoms with Gasteiger partial charge in [-0.3, -0.25) is 19.3 Å². The van der Waals surface area contributed by atoms with Crippen LogP contribution in [0, 0.1) is 0 Å². The van der Waals surface area contributed by atoms with E-state index in [-0.39, 0.29) is 19.4 Å². The molecule has 0 saturated carbocycles. The van der Waals surface area contributed by atoms with E-state index < -0.39 is 17.7 Å². The van der Waals surface area contributed by atoms with Gasteiger partial charge in [-0.2, -0.15) is 0 Å². The van der Waals surface area contributed by atoms with E-state index in [1.54, 1.807) is 36.4 Å². The molecule has 0 fully saturated rings. The number of nitrogens with one attached hydrogen (secondary N) is 1. The zero-order valence-corrected chi connectivity index (χ0v) is 14.0. The molecule has 0 bridgehead atoms. The van der Waals surface area contributed by atoms with Gasteiger partial charge in [-0.25, -0.2) is 0 Å². The normalized spacial score (nSPS) is 15.8. The highest BCUT2D eigenvalue weighted by Crippen LogP contribution is 2.34. The quantitative estimate of drug-likeness (QED) is 0.850. The van der Waals surface area contributed by atoms with E-state index in [0.29, 0.717) is 22.6 Å². The smallest absolute Gasteiger partial charge is 0.262 e. The summed E-state index contributed by atoms with van der Waals surface area (Å²) in [6, 6.07) is 11.7. The average Bonchev–Trinajstić information content (AvgIpc) is 3.20. The van der Waals surface area contributed by atoms with Crippen molar-refractivity contribution in [1.82, 2.24) is 10.2 Å². The van der Waals surface area contributed by atoms with E-state index in [2.05, 4.69) is 5.32 Å². The van der Waals surface area contributed by atoms with Gasteiger partial charge in [-0.1, -0.05) is 18.2 Å². The maximum absolute atomic E-state index is 12.3. The summed E-state index contributed by atoms with van der Waals surface area (Å²) in [7, 11) is 0. The molecule has 4 rings (SSSR count). The standard InChI is InChI=1S/C19H16N2O5/c1-11(12-6-7-15-16(8-12)26-10-25-15)20-17(22)9-21-18(23)13-4-2-3-5-14(13)19(21)24/h2-8,11H,9-10H2,1H3,(H,20,22)/t11-/m0/s1. The predicted octanol–water partition coefficient (Wildman–Crippen LogP) is 1.89. The Hall–Kier alpha value is -3.35. The first-order valence-electron chi connectivity index (χ1n) is 8.19. The number of ether oxygens (including phenoxy) is 2. The molecule has 3 amide bonds. The lowest BCUT2D eigenvalue weighted by atomic mass is 10.1. The average molecular weight is 352 g/mol. The fourth-order valence-electron chi connectivity index (χ4n) is 3.08. The Morgan fingerprint density at radius 2 is 1.73 bits per heavy atom. The maximum Gasteiger partial charge on any atom is 0.262 e. The van der Waals surface area contributed by atoms with Gasteiger partial charge in [0.15, 0.2) is 11.5 Å². The summed E-state index contributed by atoms with van der Waals surface area (Å²) >= 11 is 0. The number of fused-ring (bicyclic) bond motifs is 2. The summed E-state index contributed by atoms with van der Waals surface area (Å²) < 4.78 is 10.6. The van der Waals surface area contributed by atoms with Gasteiger partial charge in [0.25, 0.3) is 11.8 Å². The number of amides is 3. The molecule has 2 heterocycles. The largest absolute Gasteiger partial charge is 0.454 e. The Morgan fingerprint density at radius 1 is 1.08 bits per heavy atom. The first kappa shape index (κ1) is 16.1. The molecular formula is C19H16N2O5. The fraction of sp³-hybridized carbons (Fsp3) is 0.211. The molecule has 1 atom stereocenters. The van der Waals surface area contributed by atoms with E-state index in [1.165, 1.54) is 0 Å². The lowest BCUT2D eigenvalue weighted by molar-refractivity contribution is -0.122. The zero-order valence-electron chi connectivity index (χ0n) is 14.0. The van der Waals surface area contributed by atoms with Gasteiger partial charge in [0.2, 0.25) is 12.7 Å². The number of benzene rings is 2. The molecule has 2 aromatic carbocycles. The summed E-state index contributed by atoms with van der Waals surface area (Å²) in [6.07, 6.45) is 0. The second kappa shape index (κ2) is 6.18. The third-order valence-electron chi connectivity index (χ3n) is 4.45. The molecule has 2 aliphatic heterocycles. The lowest BCUT2D eigenvalue weighted by Gasteiger charge is -2.18. The van der Waals surface area contributed by atoms with Gasteiger partial charge < -0.3 is 14.8 Å². The monoisotopic (exact) mass is 352 g/mol. The zero-order chi connectivity index (χ0) is 18.3. The molecule has 0 aliphatic carbocycles. The predicted molar refractivity (Wildman–Crippen MR) is 90.9 cm³/mol. The van der Waals surface area contributed by atoms with Crippen LogP contribution in [0.4, 0.5) is 0 Å². The number of imide groups is 1. The number of hydrogen-bond donors (Lipinski definition) is 1. The van der Waals surface area contributed by atoms with Crippen LogP contribution >= 0.6 is 0 Å². The van der Waals surface area contributed by atoms with E-state index in [0.717, 1.165) is 10.5 Å². The number of carbonyl (C=O) groups is 3. The summed E-state index contributed by atoms with van der Waals surface area (Å²) in [5.74, 6) is -0.0140. The summed E-state index contributed by atoms with van der Waals surface area (Å²) in [5.41, 5.74) is 1.49. The van der Waals surface area contributed by atoms with Crippen molar-refractivity contribution in [2.24, 2.45) is 0 Å². The van der Waals surface area contributed by atoms with Crippen LogP contribution in [-0.2, 0) is 4.79 Å². The fourth-order valence-corrected chi connectivity index (χ4v) is 3.08. The van der Waals surface area contributed by atoms with Crippen molar-refractivity contribution in [1.29, 1.82) is 0 Å². The Morgan fingerprint density at radius 3 is 2.42 bits per heavy atom. The molecule has 132 valence electrons. The highest BCUT2D eigenvalue weighted by atomic mass is 16.7. The van der Waals surface area contributed by atoms with Gasteiger partial charge in [-0.05, 0) is 36.8 Å². The van der Waals surface area contributed by atoms with Crippen molar-refractivity contribution < 1.29 is 23.9 Å². The van der Waals surface area contributed by atoms with Crippen molar-refractivity contribution in [3.05, 3.63) is 59.2 Å². The summed E-state index contributed by atoms with van der Waals surface area (Å²) in [6.45, 7) is 1.68. The molecule has 2 aliphatic rings. The van der Waals surface area contributed by atoms with Gasteiger partial charge in [0, 0.05) is 0 Å². The van der Waals surface area contributed by atoms with Crippen LogP contribution in [0.5, 0.6) is 11.5 Å². The van der Waals surface area contributed by atoms with Crippen LogP contribution < -0.4 is 14.8 Å². The molecule has 0 spiro atoms. The minimum absolute atomic E-state index is 0.180. The molecule has 2 aromatic rings. The van der Waals surface area contributed by atoms with Crippen LogP contribution in [0.2, 0.25) is 0 Å². The van der Waals surface area contributed by atoms with Crippen molar-refractivity contribution >= 4 is 17.7 Å². The van der Waals surface area contributed by atoms with Crippen LogP contribution in [-0.4, -0.2) is 36.0 Å². The first-order valence-corrected chi connectivity index (χ1v) is 8.19. The minimum atomic E-state index is -0.448. The number of hydrogen-bond acceptors (Lipinski definition) is 5. The molecule has 0 saturated heterocycles. The van der Waals surface area contributed by atoms with Crippen LogP contribution in [0.3, 0.4) is 0 Å². The highest BCUT2D eigenvalue weighted by Gasteiger charge is 2.36. The molecule has 7 heteroatoms. The lowest BCUT2D eigenvalue weighted by Crippen LogP contribution is -2.41.